The molecule has 1 saturated heterocycles. The number of rotatable bonds is 5. The first-order valence-electron chi connectivity index (χ1n) is 5.39. The van der Waals surface area contributed by atoms with E-state index < -0.39 is 42.5 Å². The van der Waals surface area contributed by atoms with Gasteiger partial charge in [0.1, 0.15) is 11.1 Å². The number of carboxylic acids is 3. The molecule has 0 aromatic heterocycles. The summed E-state index contributed by atoms with van der Waals surface area (Å²) in [6, 6.07) is 0. The zero-order valence-electron chi connectivity index (χ0n) is 10.5. The van der Waals surface area contributed by atoms with Crippen molar-refractivity contribution in [3.05, 3.63) is 0 Å². The third-order valence-corrected chi connectivity index (χ3v) is 2.60. The molecule has 0 bridgehead atoms. The van der Waals surface area contributed by atoms with E-state index in [9.17, 15) is 19.2 Å². The van der Waals surface area contributed by atoms with Gasteiger partial charge in [0.15, 0.2) is 5.60 Å². The van der Waals surface area contributed by atoms with Gasteiger partial charge in [0.05, 0.1) is 19.3 Å². The fourth-order valence-electron chi connectivity index (χ4n) is 1.25. The van der Waals surface area contributed by atoms with E-state index in [1.54, 1.807) is 0 Å². The highest BCUT2D eigenvalue weighted by Gasteiger charge is 2.40. The first-order valence-corrected chi connectivity index (χ1v) is 5.80. The molecule has 0 aromatic carbocycles. The third-order valence-electron chi connectivity index (χ3n) is 2.23. The van der Waals surface area contributed by atoms with Crippen molar-refractivity contribution >= 4 is 41.0 Å². The standard InChI is InChI=1S/C6H8O7.C4H5NO2S/c7-3(8)1-6(13,5(11)12)2-4(9)10;6-2-1-3(7)5-4(2)8/h13H,1-2H2,(H,7,8)(H,9,10)(H,11,12);2,6H,1H2,(H,5,7,8). The second-order valence-corrected chi connectivity index (χ2v) is 4.55. The Hall–Kier alpha value is -2.11. The van der Waals surface area contributed by atoms with Crippen LogP contribution in [-0.2, 0) is 19.2 Å². The van der Waals surface area contributed by atoms with E-state index in [-0.39, 0.29) is 17.3 Å². The number of amides is 1. The number of nitrogens with one attached hydrogen (secondary N) is 1. The summed E-state index contributed by atoms with van der Waals surface area (Å²) in [7, 11) is 0. The molecule has 0 aromatic rings. The molecule has 118 valence electrons. The lowest BCUT2D eigenvalue weighted by Gasteiger charge is -2.18. The molecule has 0 saturated carbocycles. The molecule has 1 heterocycles. The highest BCUT2D eigenvalue weighted by atomic mass is 32.1. The van der Waals surface area contributed by atoms with Crippen LogP contribution in [0.3, 0.4) is 0 Å². The fraction of sp³-hybridized carbons (Fsp3) is 0.500. The molecular weight excluding hydrogens is 310 g/mol. The Labute approximate surface area is 123 Å². The molecule has 1 atom stereocenters. The Morgan fingerprint density at radius 2 is 1.62 bits per heavy atom. The Kier molecular flexibility index (Phi) is 6.85. The number of thiocarbonyl (C=S) groups is 1. The van der Waals surface area contributed by atoms with E-state index in [0.717, 1.165) is 0 Å². The van der Waals surface area contributed by atoms with Crippen LogP contribution in [0.25, 0.3) is 0 Å². The smallest absolute Gasteiger partial charge is 0.336 e. The average molecular weight is 323 g/mol. The van der Waals surface area contributed by atoms with E-state index in [0.29, 0.717) is 0 Å². The van der Waals surface area contributed by atoms with E-state index >= 15 is 0 Å². The van der Waals surface area contributed by atoms with Gasteiger partial charge in [-0.3, -0.25) is 14.4 Å². The van der Waals surface area contributed by atoms with Crippen LogP contribution < -0.4 is 5.32 Å². The molecule has 1 aliphatic rings. The monoisotopic (exact) mass is 323 g/mol. The van der Waals surface area contributed by atoms with Crippen LogP contribution in [0.1, 0.15) is 19.3 Å². The van der Waals surface area contributed by atoms with Gasteiger partial charge in [-0.25, -0.2) is 4.79 Å². The summed E-state index contributed by atoms with van der Waals surface area (Å²) in [6.07, 6.45) is -2.90. The molecule has 1 unspecified atom stereocenters. The van der Waals surface area contributed by atoms with Crippen molar-refractivity contribution < 1.29 is 44.7 Å². The lowest BCUT2D eigenvalue weighted by atomic mass is 9.96. The maximum atomic E-state index is 10.3. The minimum absolute atomic E-state index is 0.124. The van der Waals surface area contributed by atoms with Gasteiger partial charge in [-0.05, 0) is 0 Å². The van der Waals surface area contributed by atoms with Crippen LogP contribution in [0, 0.1) is 0 Å². The van der Waals surface area contributed by atoms with Gasteiger partial charge >= 0.3 is 17.9 Å². The minimum atomic E-state index is -2.74. The molecule has 1 rings (SSSR count). The SMILES string of the molecule is O=C(O)CC(O)(CC(=O)O)C(=O)O.O=C1CC(O)C(=S)N1. The lowest BCUT2D eigenvalue weighted by Crippen LogP contribution is -2.42. The Balaban J connectivity index is 0.000000423. The average Bonchev–Trinajstić information content (AvgIpc) is 2.54. The van der Waals surface area contributed by atoms with Crippen LogP contribution in [0.2, 0.25) is 0 Å². The summed E-state index contributed by atoms with van der Waals surface area (Å²) >= 11 is 4.54. The summed E-state index contributed by atoms with van der Waals surface area (Å²) in [5.41, 5.74) is -2.74. The van der Waals surface area contributed by atoms with Crippen LogP contribution in [-0.4, -0.2) is 66.0 Å². The number of carbonyl (C=O) groups is 4. The summed E-state index contributed by atoms with van der Waals surface area (Å²) in [5, 5.41) is 44.9. The van der Waals surface area contributed by atoms with Crippen molar-refractivity contribution in [1.82, 2.24) is 5.32 Å². The quantitative estimate of drug-likeness (QED) is 0.308. The Morgan fingerprint density at radius 3 is 1.76 bits per heavy atom. The first kappa shape index (κ1) is 18.9. The molecule has 1 aliphatic heterocycles. The highest BCUT2D eigenvalue weighted by molar-refractivity contribution is 7.80. The van der Waals surface area contributed by atoms with E-state index in [4.69, 9.17) is 25.5 Å². The molecule has 1 fully saturated rings. The Bertz CT molecular complexity index is 459. The molecule has 11 heteroatoms. The Morgan fingerprint density at radius 1 is 1.19 bits per heavy atom. The molecule has 1 amide bonds. The number of aliphatic carboxylic acids is 3. The topological polar surface area (TPSA) is 181 Å². The minimum Gasteiger partial charge on any atom is -0.481 e. The molecule has 0 radical (unpaired) electrons. The van der Waals surface area contributed by atoms with Crippen molar-refractivity contribution in [2.24, 2.45) is 0 Å². The van der Waals surface area contributed by atoms with Gasteiger partial charge in [0, 0.05) is 0 Å². The zero-order chi connectivity index (χ0) is 16.8. The van der Waals surface area contributed by atoms with Crippen LogP contribution in [0.4, 0.5) is 0 Å². The zero-order valence-corrected chi connectivity index (χ0v) is 11.3. The molecule has 10 nitrogen and oxygen atoms in total. The van der Waals surface area contributed by atoms with Crippen LogP contribution in [0.15, 0.2) is 0 Å². The van der Waals surface area contributed by atoms with E-state index in [1.807, 2.05) is 0 Å². The summed E-state index contributed by atoms with van der Waals surface area (Å²) in [4.78, 5) is 41.0. The van der Waals surface area contributed by atoms with Gasteiger partial charge < -0.3 is 30.8 Å². The summed E-state index contributed by atoms with van der Waals surface area (Å²) in [5.74, 6) is -5.21. The number of hydrogen-bond donors (Lipinski definition) is 6. The number of carboxylic acid groups (broad SMARTS) is 3. The molecule has 6 N–H and O–H groups in total. The number of hydrogen-bond acceptors (Lipinski definition) is 7. The number of aliphatic hydroxyl groups excluding tert-OH is 1. The predicted octanol–water partition coefficient (Wildman–Crippen LogP) is -2.05. The largest absolute Gasteiger partial charge is 0.481 e. The molecule has 0 aliphatic carbocycles. The predicted molar refractivity (Wildman–Crippen MR) is 68.5 cm³/mol. The fourth-order valence-corrected chi connectivity index (χ4v) is 1.45. The van der Waals surface area contributed by atoms with Gasteiger partial charge in [0.2, 0.25) is 5.91 Å². The van der Waals surface area contributed by atoms with Gasteiger partial charge in [0.25, 0.3) is 0 Å². The van der Waals surface area contributed by atoms with Crippen LogP contribution >= 0.6 is 12.2 Å². The summed E-state index contributed by atoms with van der Waals surface area (Å²) < 4.78 is 0. The van der Waals surface area contributed by atoms with Crippen molar-refractivity contribution in [3.63, 3.8) is 0 Å². The molecule has 21 heavy (non-hydrogen) atoms. The number of carbonyl (C=O) groups excluding carboxylic acids is 1. The second kappa shape index (κ2) is 7.61. The first-order chi connectivity index (χ1) is 9.47. The van der Waals surface area contributed by atoms with E-state index in [1.165, 1.54) is 0 Å². The van der Waals surface area contributed by atoms with Crippen molar-refractivity contribution in [3.8, 4) is 0 Å². The summed E-state index contributed by atoms with van der Waals surface area (Å²) in [6.45, 7) is 0. The van der Waals surface area contributed by atoms with Crippen molar-refractivity contribution in [2.45, 2.75) is 31.0 Å². The second-order valence-electron chi connectivity index (χ2n) is 4.11. The molecule has 0 spiro atoms. The van der Waals surface area contributed by atoms with Crippen LogP contribution in [0.5, 0.6) is 0 Å². The van der Waals surface area contributed by atoms with Gasteiger partial charge in [-0.1, -0.05) is 12.2 Å². The van der Waals surface area contributed by atoms with Gasteiger partial charge in [-0.15, -0.1) is 0 Å². The maximum Gasteiger partial charge on any atom is 0.336 e. The lowest BCUT2D eigenvalue weighted by molar-refractivity contribution is -0.170. The van der Waals surface area contributed by atoms with Crippen molar-refractivity contribution in [2.75, 3.05) is 0 Å². The van der Waals surface area contributed by atoms with Gasteiger partial charge in [-0.2, -0.15) is 0 Å². The third kappa shape index (κ3) is 6.74. The van der Waals surface area contributed by atoms with E-state index in [2.05, 4.69) is 17.5 Å². The molecular formula is C10H13NO9S. The number of aliphatic hydroxyl groups is 2. The maximum absolute atomic E-state index is 10.3. The van der Waals surface area contributed by atoms with Crippen molar-refractivity contribution in [1.29, 1.82) is 0 Å². The normalized spacial score (nSPS) is 17.5. The highest BCUT2D eigenvalue weighted by Crippen LogP contribution is 2.15.